The van der Waals surface area contributed by atoms with Crippen LogP contribution in [0.5, 0.6) is 0 Å². The molecule has 0 aliphatic rings. The summed E-state index contributed by atoms with van der Waals surface area (Å²) in [5.74, 6) is 0. The van der Waals surface area contributed by atoms with Crippen LogP contribution >= 0.6 is 7.60 Å². The van der Waals surface area contributed by atoms with E-state index in [0.717, 1.165) is 6.29 Å². The van der Waals surface area contributed by atoms with Gasteiger partial charge in [0.1, 0.15) is 6.29 Å². The maximum absolute atomic E-state index is 12.7. The zero-order valence-electron chi connectivity index (χ0n) is 12.0. The molecule has 1 atom stereocenters. The predicted molar refractivity (Wildman–Crippen MR) is 78.9 cm³/mol. The van der Waals surface area contributed by atoms with E-state index in [-0.39, 0.29) is 13.2 Å². The molecule has 0 fully saturated rings. The second kappa shape index (κ2) is 6.99. The van der Waals surface area contributed by atoms with Crippen LogP contribution in [0.25, 0.3) is 0 Å². The molecule has 0 aromatic heterocycles. The molecule has 0 saturated heterocycles. The highest BCUT2D eigenvalue weighted by atomic mass is 31.2. The van der Waals surface area contributed by atoms with Crippen molar-refractivity contribution in [3.63, 3.8) is 0 Å². The highest BCUT2D eigenvalue weighted by Crippen LogP contribution is 2.57. The number of carbonyl (C=O) groups excluding carboxylic acids is 1. The van der Waals surface area contributed by atoms with E-state index in [9.17, 15) is 9.36 Å². The third-order valence-corrected chi connectivity index (χ3v) is 5.06. The van der Waals surface area contributed by atoms with Crippen LogP contribution in [0.15, 0.2) is 24.3 Å². The Morgan fingerprint density at radius 2 is 1.75 bits per heavy atom. The molecule has 20 heavy (non-hydrogen) atoms. The number of anilines is 1. The lowest BCUT2D eigenvalue weighted by molar-refractivity contribution is 0.112. The maximum Gasteiger partial charge on any atom is 0.370 e. The molecule has 112 valence electrons. The Labute approximate surface area is 119 Å². The van der Waals surface area contributed by atoms with Gasteiger partial charge in [0, 0.05) is 11.3 Å². The summed E-state index contributed by atoms with van der Waals surface area (Å²) in [6.07, 6.45) is 0.747. The third-order valence-electron chi connectivity index (χ3n) is 2.61. The van der Waals surface area contributed by atoms with E-state index in [1.807, 2.05) is 0 Å². The van der Waals surface area contributed by atoms with Gasteiger partial charge in [-0.2, -0.15) is 0 Å². The highest BCUT2D eigenvalue weighted by Gasteiger charge is 2.44. The Morgan fingerprint density at radius 1 is 1.25 bits per heavy atom. The first-order chi connectivity index (χ1) is 9.38. The molecule has 6 nitrogen and oxygen atoms in total. The minimum absolute atomic E-state index is 0.232. The summed E-state index contributed by atoms with van der Waals surface area (Å²) in [7, 11) is -3.51. The monoisotopic (exact) mass is 300 g/mol. The number of carbonyl (C=O) groups is 1. The molecule has 0 aliphatic carbocycles. The largest absolute Gasteiger partial charge is 0.370 e. The first kappa shape index (κ1) is 16.9. The maximum atomic E-state index is 12.7. The van der Waals surface area contributed by atoms with Crippen molar-refractivity contribution in [3.8, 4) is 0 Å². The molecule has 0 aliphatic heterocycles. The van der Waals surface area contributed by atoms with Gasteiger partial charge in [-0.25, -0.2) is 0 Å². The second-order valence-electron chi connectivity index (χ2n) is 4.35. The summed E-state index contributed by atoms with van der Waals surface area (Å²) in [4.78, 5) is 10.6. The Hall–Kier alpha value is -1.20. The summed E-state index contributed by atoms with van der Waals surface area (Å²) in [6, 6.07) is 6.63. The number of aldehydes is 1. The van der Waals surface area contributed by atoms with E-state index in [1.165, 1.54) is 0 Å². The lowest BCUT2D eigenvalue weighted by Gasteiger charge is -2.33. The second-order valence-corrected chi connectivity index (χ2v) is 6.79. The Morgan fingerprint density at radius 3 is 2.15 bits per heavy atom. The van der Waals surface area contributed by atoms with Gasteiger partial charge in [-0.3, -0.25) is 15.1 Å². The summed E-state index contributed by atoms with van der Waals surface area (Å²) < 4.78 is 23.2. The van der Waals surface area contributed by atoms with Crippen molar-refractivity contribution in [2.24, 2.45) is 5.73 Å². The zero-order chi connectivity index (χ0) is 15.2. The molecule has 0 amide bonds. The van der Waals surface area contributed by atoms with Gasteiger partial charge in [0.2, 0.25) is 0 Å². The van der Waals surface area contributed by atoms with E-state index in [1.54, 1.807) is 45.0 Å². The summed E-state index contributed by atoms with van der Waals surface area (Å²) in [5, 5.41) is 1.56. The number of rotatable bonds is 8. The minimum atomic E-state index is -3.51. The average Bonchev–Trinajstić information content (AvgIpc) is 2.39. The molecule has 0 heterocycles. The minimum Gasteiger partial charge on any atom is -0.358 e. The van der Waals surface area contributed by atoms with E-state index in [4.69, 9.17) is 14.8 Å². The number of nitrogens with one attached hydrogen (secondary N) is 1. The van der Waals surface area contributed by atoms with Crippen molar-refractivity contribution in [2.75, 3.05) is 18.5 Å². The van der Waals surface area contributed by atoms with Crippen LogP contribution in [0.3, 0.4) is 0 Å². The third kappa shape index (κ3) is 3.90. The van der Waals surface area contributed by atoms with Crippen molar-refractivity contribution in [1.29, 1.82) is 0 Å². The van der Waals surface area contributed by atoms with Crippen LogP contribution in [0.4, 0.5) is 5.69 Å². The number of hydrogen-bond acceptors (Lipinski definition) is 6. The molecule has 1 aromatic carbocycles. The fourth-order valence-corrected chi connectivity index (χ4v) is 3.21. The predicted octanol–water partition coefficient (Wildman–Crippen LogP) is 2.81. The van der Waals surface area contributed by atoms with Crippen LogP contribution in [0, 0.1) is 0 Å². The van der Waals surface area contributed by atoms with Crippen LogP contribution in [-0.2, 0) is 13.6 Å². The summed E-state index contributed by atoms with van der Waals surface area (Å²) >= 11 is 0. The van der Waals surface area contributed by atoms with Crippen LogP contribution in [0.2, 0.25) is 0 Å². The molecular weight excluding hydrogens is 279 g/mol. The Kier molecular flexibility index (Phi) is 5.89. The SMILES string of the molecule is CCOP(=O)(OCC)[C@](C)(N)Nc1ccc(C=O)cc1. The van der Waals surface area contributed by atoms with E-state index in [0.29, 0.717) is 11.3 Å². The van der Waals surface area contributed by atoms with Gasteiger partial charge < -0.3 is 14.4 Å². The molecule has 7 heteroatoms. The van der Waals surface area contributed by atoms with Crippen LogP contribution in [-0.4, -0.2) is 24.9 Å². The van der Waals surface area contributed by atoms with Gasteiger partial charge in [-0.1, -0.05) is 0 Å². The van der Waals surface area contributed by atoms with Gasteiger partial charge in [0.05, 0.1) is 13.2 Å². The first-order valence-corrected chi connectivity index (χ1v) is 7.94. The number of hydrogen-bond donors (Lipinski definition) is 2. The van der Waals surface area contributed by atoms with Crippen molar-refractivity contribution in [3.05, 3.63) is 29.8 Å². The number of benzene rings is 1. The molecule has 1 aromatic rings. The van der Waals surface area contributed by atoms with Crippen molar-refractivity contribution in [2.45, 2.75) is 26.2 Å². The lowest BCUT2D eigenvalue weighted by Crippen LogP contribution is -2.45. The molecular formula is C13H21N2O4P. The van der Waals surface area contributed by atoms with Crippen LogP contribution in [0.1, 0.15) is 31.1 Å². The molecule has 0 saturated carbocycles. The highest BCUT2D eigenvalue weighted by molar-refractivity contribution is 7.55. The van der Waals surface area contributed by atoms with Gasteiger partial charge in [-0.15, -0.1) is 0 Å². The van der Waals surface area contributed by atoms with Crippen molar-refractivity contribution < 1.29 is 18.4 Å². The van der Waals surface area contributed by atoms with E-state index in [2.05, 4.69) is 5.32 Å². The zero-order valence-corrected chi connectivity index (χ0v) is 12.9. The summed E-state index contributed by atoms with van der Waals surface area (Å²) in [6.45, 7) is 5.46. The van der Waals surface area contributed by atoms with E-state index >= 15 is 0 Å². The smallest absolute Gasteiger partial charge is 0.358 e. The normalized spacial score (nSPS) is 14.6. The topological polar surface area (TPSA) is 90.7 Å². The molecule has 0 unspecified atom stereocenters. The standard InChI is InChI=1S/C13H21N2O4P/c1-4-18-20(17,19-5-2)13(3,14)15-12-8-6-11(10-16)7-9-12/h6-10,15H,4-5,14H2,1-3H3/t13-/m1/s1. The fourth-order valence-electron chi connectivity index (χ4n) is 1.65. The first-order valence-electron chi connectivity index (χ1n) is 6.40. The lowest BCUT2D eigenvalue weighted by atomic mass is 10.2. The fraction of sp³-hybridized carbons (Fsp3) is 0.462. The number of nitrogens with two attached hydrogens (primary N) is 1. The van der Waals surface area contributed by atoms with Crippen LogP contribution < -0.4 is 11.1 Å². The average molecular weight is 300 g/mol. The molecule has 1 rings (SSSR count). The molecule has 0 radical (unpaired) electrons. The van der Waals surface area contributed by atoms with Gasteiger partial charge in [-0.05, 0) is 45.0 Å². The molecule has 0 spiro atoms. The van der Waals surface area contributed by atoms with Crippen molar-refractivity contribution in [1.82, 2.24) is 0 Å². The molecule has 0 bridgehead atoms. The molecule has 3 N–H and O–H groups in total. The van der Waals surface area contributed by atoms with Crippen molar-refractivity contribution >= 4 is 19.6 Å². The van der Waals surface area contributed by atoms with Gasteiger partial charge >= 0.3 is 7.60 Å². The van der Waals surface area contributed by atoms with E-state index < -0.39 is 13.0 Å². The Bertz CT molecular complexity index is 478. The van der Waals surface area contributed by atoms with Gasteiger partial charge in [0.25, 0.3) is 0 Å². The van der Waals surface area contributed by atoms with Gasteiger partial charge in [0.15, 0.2) is 5.40 Å². The Balaban J connectivity index is 2.95. The quantitative estimate of drug-likeness (QED) is 0.436. The summed E-state index contributed by atoms with van der Waals surface area (Å²) in [5.41, 5.74) is 7.25.